The Morgan fingerprint density at radius 3 is 2.64 bits per heavy atom. The average Bonchev–Trinajstić information content (AvgIpc) is 2.86. The van der Waals surface area contributed by atoms with E-state index >= 15 is 0 Å². The summed E-state index contributed by atoms with van der Waals surface area (Å²) in [5.41, 5.74) is 3.29. The van der Waals surface area contributed by atoms with Gasteiger partial charge in [-0.25, -0.2) is 0 Å². The summed E-state index contributed by atoms with van der Waals surface area (Å²) in [6, 6.07) is 13.1. The second-order valence-electron chi connectivity index (χ2n) is 5.19. The number of furan rings is 1. The van der Waals surface area contributed by atoms with Gasteiger partial charge < -0.3 is 14.5 Å². The Bertz CT molecular complexity index is 849. The van der Waals surface area contributed by atoms with Crippen LogP contribution in [0.25, 0.3) is 11.0 Å². The smallest absolute Gasteiger partial charge is 0.291 e. The Morgan fingerprint density at radius 1 is 1.14 bits per heavy atom. The Labute approximate surface area is 128 Å². The summed E-state index contributed by atoms with van der Waals surface area (Å²) < 4.78 is 10.9. The average molecular weight is 295 g/mol. The largest absolute Gasteiger partial charge is 0.497 e. The summed E-state index contributed by atoms with van der Waals surface area (Å²) in [6.45, 7) is 3.86. The fourth-order valence-electron chi connectivity index (χ4n) is 2.49. The van der Waals surface area contributed by atoms with Crippen LogP contribution in [0.5, 0.6) is 5.75 Å². The van der Waals surface area contributed by atoms with Gasteiger partial charge in [0.05, 0.1) is 7.11 Å². The van der Waals surface area contributed by atoms with Crippen LogP contribution >= 0.6 is 0 Å². The van der Waals surface area contributed by atoms with Gasteiger partial charge in [-0.3, -0.25) is 4.79 Å². The van der Waals surface area contributed by atoms with E-state index < -0.39 is 0 Å². The monoisotopic (exact) mass is 295 g/mol. The zero-order valence-corrected chi connectivity index (χ0v) is 12.8. The standard InChI is InChI=1S/C18H17NO3/c1-11-6-4-9-15-12(2)17(22-16(11)15)18(20)19-13-7-5-8-14(10-13)21-3/h4-10H,1-3H3,(H,19,20). The minimum absolute atomic E-state index is 0.263. The van der Waals surface area contributed by atoms with Gasteiger partial charge in [-0.1, -0.05) is 24.3 Å². The molecule has 0 aliphatic carbocycles. The number of carbonyl (C=O) groups is 1. The van der Waals surface area contributed by atoms with Crippen LogP contribution in [-0.2, 0) is 0 Å². The lowest BCUT2D eigenvalue weighted by Gasteiger charge is -2.05. The van der Waals surface area contributed by atoms with Gasteiger partial charge in [-0.15, -0.1) is 0 Å². The number of rotatable bonds is 3. The number of carbonyl (C=O) groups excluding carboxylic acids is 1. The van der Waals surface area contributed by atoms with E-state index in [0.717, 1.165) is 22.1 Å². The van der Waals surface area contributed by atoms with Crippen LogP contribution in [0.1, 0.15) is 21.7 Å². The molecule has 0 radical (unpaired) electrons. The predicted molar refractivity (Wildman–Crippen MR) is 86.6 cm³/mol. The quantitative estimate of drug-likeness (QED) is 0.783. The molecular formula is C18H17NO3. The van der Waals surface area contributed by atoms with Crippen molar-refractivity contribution >= 4 is 22.6 Å². The van der Waals surface area contributed by atoms with Gasteiger partial charge in [0.2, 0.25) is 0 Å². The maximum atomic E-state index is 12.5. The molecule has 22 heavy (non-hydrogen) atoms. The molecule has 0 aliphatic rings. The fraction of sp³-hybridized carbons (Fsp3) is 0.167. The highest BCUT2D eigenvalue weighted by Crippen LogP contribution is 2.28. The molecule has 0 spiro atoms. The third-order valence-electron chi connectivity index (χ3n) is 3.69. The summed E-state index contributed by atoms with van der Waals surface area (Å²) in [5.74, 6) is 0.767. The zero-order chi connectivity index (χ0) is 15.7. The third kappa shape index (κ3) is 2.44. The number of aryl methyl sites for hydroxylation is 2. The first kappa shape index (κ1) is 14.2. The third-order valence-corrected chi connectivity index (χ3v) is 3.69. The maximum Gasteiger partial charge on any atom is 0.291 e. The first-order valence-corrected chi connectivity index (χ1v) is 7.04. The van der Waals surface area contributed by atoms with Gasteiger partial charge in [-0.05, 0) is 31.5 Å². The van der Waals surface area contributed by atoms with Gasteiger partial charge in [0.15, 0.2) is 5.76 Å². The normalized spacial score (nSPS) is 10.7. The molecule has 4 heteroatoms. The minimum Gasteiger partial charge on any atom is -0.497 e. The summed E-state index contributed by atoms with van der Waals surface area (Å²) in [5, 5.41) is 3.81. The van der Waals surface area contributed by atoms with Crippen LogP contribution in [0.15, 0.2) is 46.9 Å². The molecular weight excluding hydrogens is 278 g/mol. The van der Waals surface area contributed by atoms with E-state index in [4.69, 9.17) is 9.15 Å². The van der Waals surface area contributed by atoms with E-state index in [1.165, 1.54) is 0 Å². The molecule has 0 saturated heterocycles. The van der Waals surface area contributed by atoms with Gasteiger partial charge in [-0.2, -0.15) is 0 Å². The number of amides is 1. The van der Waals surface area contributed by atoms with Crippen molar-refractivity contribution in [2.45, 2.75) is 13.8 Å². The molecule has 1 amide bonds. The summed E-state index contributed by atoms with van der Waals surface area (Å²) in [6.07, 6.45) is 0. The molecule has 3 aromatic rings. The Kier molecular flexibility index (Phi) is 3.59. The molecule has 3 rings (SSSR count). The molecule has 0 bridgehead atoms. The lowest BCUT2D eigenvalue weighted by atomic mass is 10.1. The predicted octanol–water partition coefficient (Wildman–Crippen LogP) is 4.31. The Hall–Kier alpha value is -2.75. The van der Waals surface area contributed by atoms with Crippen molar-refractivity contribution in [2.75, 3.05) is 12.4 Å². The first-order chi connectivity index (χ1) is 10.6. The number of methoxy groups -OCH3 is 1. The van der Waals surface area contributed by atoms with Gasteiger partial charge >= 0.3 is 0 Å². The number of hydrogen-bond donors (Lipinski definition) is 1. The molecule has 0 aliphatic heterocycles. The molecule has 2 aromatic carbocycles. The van der Waals surface area contributed by atoms with E-state index in [0.29, 0.717) is 17.2 Å². The molecule has 0 saturated carbocycles. The summed E-state index contributed by atoms with van der Waals surface area (Å²) in [7, 11) is 1.59. The van der Waals surface area contributed by atoms with Gasteiger partial charge in [0, 0.05) is 22.7 Å². The Balaban J connectivity index is 1.95. The van der Waals surface area contributed by atoms with E-state index in [2.05, 4.69) is 5.32 Å². The second kappa shape index (κ2) is 5.56. The van der Waals surface area contributed by atoms with Gasteiger partial charge in [0.1, 0.15) is 11.3 Å². The van der Waals surface area contributed by atoms with Crippen LogP contribution in [0.4, 0.5) is 5.69 Å². The van der Waals surface area contributed by atoms with Crippen molar-refractivity contribution in [2.24, 2.45) is 0 Å². The highest BCUT2D eigenvalue weighted by atomic mass is 16.5. The van der Waals surface area contributed by atoms with Crippen molar-refractivity contribution in [1.29, 1.82) is 0 Å². The van der Waals surface area contributed by atoms with Crippen LogP contribution in [-0.4, -0.2) is 13.0 Å². The molecule has 4 nitrogen and oxygen atoms in total. The van der Waals surface area contributed by atoms with E-state index in [-0.39, 0.29) is 5.91 Å². The second-order valence-corrected chi connectivity index (χ2v) is 5.19. The number of fused-ring (bicyclic) bond motifs is 1. The fourth-order valence-corrected chi connectivity index (χ4v) is 2.49. The number of ether oxygens (including phenoxy) is 1. The van der Waals surface area contributed by atoms with Crippen LogP contribution in [0.2, 0.25) is 0 Å². The topological polar surface area (TPSA) is 51.5 Å². The van der Waals surface area contributed by atoms with E-state index in [1.807, 2.05) is 50.2 Å². The zero-order valence-electron chi connectivity index (χ0n) is 12.8. The number of para-hydroxylation sites is 1. The van der Waals surface area contributed by atoms with Crippen LogP contribution in [0.3, 0.4) is 0 Å². The van der Waals surface area contributed by atoms with E-state index in [9.17, 15) is 4.79 Å². The van der Waals surface area contributed by atoms with Crippen molar-refractivity contribution < 1.29 is 13.9 Å². The number of benzene rings is 2. The summed E-state index contributed by atoms with van der Waals surface area (Å²) in [4.78, 5) is 12.5. The maximum absolute atomic E-state index is 12.5. The summed E-state index contributed by atoms with van der Waals surface area (Å²) >= 11 is 0. The molecule has 0 atom stereocenters. The van der Waals surface area contributed by atoms with Crippen molar-refractivity contribution in [1.82, 2.24) is 0 Å². The highest BCUT2D eigenvalue weighted by molar-refractivity contribution is 6.06. The molecule has 112 valence electrons. The van der Waals surface area contributed by atoms with Gasteiger partial charge in [0.25, 0.3) is 5.91 Å². The number of hydrogen-bond acceptors (Lipinski definition) is 3. The van der Waals surface area contributed by atoms with Crippen LogP contribution in [0, 0.1) is 13.8 Å². The molecule has 1 N–H and O–H groups in total. The van der Waals surface area contributed by atoms with Crippen molar-refractivity contribution in [3.05, 3.63) is 59.4 Å². The number of nitrogens with one attached hydrogen (secondary N) is 1. The van der Waals surface area contributed by atoms with Crippen LogP contribution < -0.4 is 10.1 Å². The lowest BCUT2D eigenvalue weighted by Crippen LogP contribution is -2.12. The molecule has 1 aromatic heterocycles. The van der Waals surface area contributed by atoms with Crippen molar-refractivity contribution in [3.63, 3.8) is 0 Å². The molecule has 0 fully saturated rings. The highest BCUT2D eigenvalue weighted by Gasteiger charge is 2.18. The molecule has 1 heterocycles. The van der Waals surface area contributed by atoms with E-state index in [1.54, 1.807) is 13.2 Å². The molecule has 0 unspecified atom stereocenters. The minimum atomic E-state index is -0.263. The lowest BCUT2D eigenvalue weighted by molar-refractivity contribution is 0.0998. The number of anilines is 1. The van der Waals surface area contributed by atoms with Crippen molar-refractivity contribution in [3.8, 4) is 5.75 Å². The Morgan fingerprint density at radius 2 is 1.91 bits per heavy atom. The SMILES string of the molecule is COc1cccc(NC(=O)c2oc3c(C)cccc3c2C)c1. The first-order valence-electron chi connectivity index (χ1n) is 7.04.